The van der Waals surface area contributed by atoms with E-state index in [0.29, 0.717) is 5.57 Å². The molecule has 1 rings (SSSR count). The Morgan fingerprint density at radius 3 is 2.38 bits per heavy atom. The molecule has 0 radical (unpaired) electrons. The van der Waals surface area contributed by atoms with Crippen molar-refractivity contribution in [2.45, 2.75) is 6.92 Å². The van der Waals surface area contributed by atoms with Crippen LogP contribution in [0.4, 0.5) is 0 Å². The van der Waals surface area contributed by atoms with Crippen LogP contribution in [0.3, 0.4) is 0 Å². The fraction of sp³-hybridized carbons (Fsp3) is 0.0833. The van der Waals surface area contributed by atoms with Gasteiger partial charge in [0.05, 0.1) is 5.97 Å². The maximum Gasteiger partial charge on any atom is 1.00 e. The average Bonchev–Trinajstić information content (AvgIpc) is 2.16. The Labute approximate surface area is 131 Å². The molecule has 0 unspecified atom stereocenters. The fourth-order valence-corrected chi connectivity index (χ4v) is 1.40. The molecule has 0 saturated heterocycles. The van der Waals surface area contributed by atoms with Crippen molar-refractivity contribution in [1.29, 1.82) is 0 Å². The zero-order valence-corrected chi connectivity index (χ0v) is 13.4. The molecule has 1 aromatic carbocycles. The van der Waals surface area contributed by atoms with Crippen LogP contribution in [0, 0.1) is 3.57 Å². The molecular weight excluding hydrogens is 326 g/mol. The van der Waals surface area contributed by atoms with Crippen LogP contribution in [-0.2, 0) is 4.79 Å². The van der Waals surface area contributed by atoms with Crippen molar-refractivity contribution >= 4 is 34.6 Å². The van der Waals surface area contributed by atoms with Gasteiger partial charge in [-0.3, -0.25) is 0 Å². The van der Waals surface area contributed by atoms with Crippen LogP contribution in [-0.4, -0.2) is 5.97 Å². The van der Waals surface area contributed by atoms with E-state index >= 15 is 0 Å². The number of rotatable bonds is 3. The molecule has 4 heteroatoms. The number of aliphatic carboxylic acids is 1. The number of hydrogen-bond donors (Lipinski definition) is 0. The monoisotopic (exact) mass is 336 g/mol. The van der Waals surface area contributed by atoms with E-state index in [-0.39, 0.29) is 29.6 Å². The normalized spacial score (nSPS) is 11.2. The summed E-state index contributed by atoms with van der Waals surface area (Å²) in [6, 6.07) is 7.95. The Morgan fingerprint density at radius 1 is 1.31 bits per heavy atom. The van der Waals surface area contributed by atoms with E-state index < -0.39 is 5.97 Å². The first-order chi connectivity index (χ1) is 7.08. The molecule has 0 N–H and O–H groups in total. The zero-order chi connectivity index (χ0) is 11.3. The first-order valence-corrected chi connectivity index (χ1v) is 5.49. The van der Waals surface area contributed by atoms with Crippen LogP contribution in [0.5, 0.6) is 0 Å². The van der Waals surface area contributed by atoms with E-state index in [1.165, 1.54) is 3.57 Å². The topological polar surface area (TPSA) is 40.1 Å². The van der Waals surface area contributed by atoms with Gasteiger partial charge in [-0.15, -0.1) is 0 Å². The first kappa shape index (κ1) is 15.9. The molecule has 0 aliphatic rings. The second-order valence-electron chi connectivity index (χ2n) is 3.09. The third-order valence-electron chi connectivity index (χ3n) is 1.75. The van der Waals surface area contributed by atoms with Crippen LogP contribution in [0.1, 0.15) is 12.5 Å². The van der Waals surface area contributed by atoms with Gasteiger partial charge < -0.3 is 9.90 Å². The van der Waals surface area contributed by atoms with Gasteiger partial charge in [0.2, 0.25) is 0 Å². The van der Waals surface area contributed by atoms with Gasteiger partial charge in [-0.1, -0.05) is 24.3 Å². The predicted molar refractivity (Wildman–Crippen MR) is 67.0 cm³/mol. The van der Waals surface area contributed by atoms with Gasteiger partial charge in [0.25, 0.3) is 0 Å². The standard InChI is InChI=1S/C12H11IO2.Na/c1-9(8-12(14)15)2-3-10-4-6-11(13)7-5-10;/h2-8H,1H3,(H,14,15);/q;+1/p-1. The molecule has 1 aromatic rings. The molecule has 0 aromatic heterocycles. The van der Waals surface area contributed by atoms with Crippen LogP contribution in [0.2, 0.25) is 0 Å². The minimum absolute atomic E-state index is 0. The second-order valence-corrected chi connectivity index (χ2v) is 4.34. The van der Waals surface area contributed by atoms with Gasteiger partial charge in [-0.05, 0) is 58.9 Å². The third kappa shape index (κ3) is 6.48. The van der Waals surface area contributed by atoms with Crippen molar-refractivity contribution in [2.75, 3.05) is 0 Å². The maximum absolute atomic E-state index is 10.2. The molecule has 2 nitrogen and oxygen atoms in total. The van der Waals surface area contributed by atoms with Gasteiger partial charge in [0.1, 0.15) is 0 Å². The summed E-state index contributed by atoms with van der Waals surface area (Å²) in [7, 11) is 0. The Morgan fingerprint density at radius 2 is 1.88 bits per heavy atom. The summed E-state index contributed by atoms with van der Waals surface area (Å²) in [5.74, 6) is -1.17. The van der Waals surface area contributed by atoms with E-state index in [1.807, 2.05) is 30.3 Å². The quantitative estimate of drug-likeness (QED) is 0.308. The largest absolute Gasteiger partial charge is 1.00 e. The molecule has 0 heterocycles. The van der Waals surface area contributed by atoms with E-state index in [1.54, 1.807) is 13.0 Å². The van der Waals surface area contributed by atoms with Gasteiger partial charge in [-0.2, -0.15) is 0 Å². The Balaban J connectivity index is 0.00000225. The molecule has 0 fully saturated rings. The van der Waals surface area contributed by atoms with E-state index in [2.05, 4.69) is 22.6 Å². The fourth-order valence-electron chi connectivity index (χ4n) is 1.04. The number of allylic oxidation sites excluding steroid dienone is 2. The second kappa shape index (κ2) is 8.06. The molecule has 0 bridgehead atoms. The summed E-state index contributed by atoms with van der Waals surface area (Å²) >= 11 is 2.23. The summed E-state index contributed by atoms with van der Waals surface area (Å²) < 4.78 is 1.17. The van der Waals surface area contributed by atoms with Gasteiger partial charge in [-0.25, -0.2) is 0 Å². The van der Waals surface area contributed by atoms with Crippen molar-refractivity contribution in [1.82, 2.24) is 0 Å². The number of benzene rings is 1. The summed E-state index contributed by atoms with van der Waals surface area (Å²) in [5, 5.41) is 10.2. The zero-order valence-electron chi connectivity index (χ0n) is 9.24. The minimum Gasteiger partial charge on any atom is -0.545 e. The molecule has 0 aliphatic heterocycles. The van der Waals surface area contributed by atoms with Crippen molar-refractivity contribution in [2.24, 2.45) is 0 Å². The summed E-state index contributed by atoms with van der Waals surface area (Å²) in [6.45, 7) is 1.72. The van der Waals surface area contributed by atoms with Crippen LogP contribution in [0.25, 0.3) is 6.08 Å². The molecule has 16 heavy (non-hydrogen) atoms. The van der Waals surface area contributed by atoms with E-state index in [0.717, 1.165) is 11.6 Å². The Kier molecular flexibility index (Phi) is 8.01. The van der Waals surface area contributed by atoms with Gasteiger partial charge >= 0.3 is 29.6 Å². The van der Waals surface area contributed by atoms with Gasteiger partial charge in [0.15, 0.2) is 0 Å². The van der Waals surface area contributed by atoms with E-state index in [9.17, 15) is 9.90 Å². The van der Waals surface area contributed by atoms with E-state index in [4.69, 9.17) is 0 Å². The smallest absolute Gasteiger partial charge is 0.545 e. The average molecular weight is 336 g/mol. The summed E-state index contributed by atoms with van der Waals surface area (Å²) in [5.41, 5.74) is 1.70. The molecule has 0 spiro atoms. The summed E-state index contributed by atoms with van der Waals surface area (Å²) in [4.78, 5) is 10.2. The minimum atomic E-state index is -1.17. The van der Waals surface area contributed by atoms with Crippen molar-refractivity contribution in [3.8, 4) is 0 Å². The molecular formula is C12H10INaO2. The number of carbonyl (C=O) groups excluding carboxylic acids is 1. The number of carboxylic acids is 1. The van der Waals surface area contributed by atoms with Crippen molar-refractivity contribution in [3.63, 3.8) is 0 Å². The first-order valence-electron chi connectivity index (χ1n) is 4.41. The molecule has 0 atom stereocenters. The predicted octanol–water partition coefficient (Wildman–Crippen LogP) is -0.995. The molecule has 0 saturated carbocycles. The van der Waals surface area contributed by atoms with Crippen molar-refractivity contribution < 1.29 is 39.5 Å². The number of hydrogen-bond acceptors (Lipinski definition) is 2. The number of carboxylic acid groups (broad SMARTS) is 1. The third-order valence-corrected chi connectivity index (χ3v) is 2.47. The number of carbonyl (C=O) groups is 1. The van der Waals surface area contributed by atoms with Gasteiger partial charge in [0, 0.05) is 3.57 Å². The number of halogens is 1. The van der Waals surface area contributed by atoms with Crippen molar-refractivity contribution in [3.05, 3.63) is 51.1 Å². The van der Waals surface area contributed by atoms with Crippen LogP contribution in [0.15, 0.2) is 42.0 Å². The summed E-state index contributed by atoms with van der Waals surface area (Å²) in [6.07, 6.45) is 4.69. The SMILES string of the molecule is CC(C=Cc1ccc(I)cc1)=CC(=O)[O-].[Na+]. The molecule has 0 aliphatic carbocycles. The maximum atomic E-state index is 10.2. The Bertz CT molecular complexity index is 408. The molecule has 78 valence electrons. The van der Waals surface area contributed by atoms with Crippen LogP contribution >= 0.6 is 22.6 Å². The molecule has 0 amide bonds. The van der Waals surface area contributed by atoms with Crippen LogP contribution < -0.4 is 34.7 Å². The Hall–Kier alpha value is -0.100.